The summed E-state index contributed by atoms with van der Waals surface area (Å²) in [5.74, 6) is 1.27. The fourth-order valence-corrected chi connectivity index (χ4v) is 5.67. The van der Waals surface area contributed by atoms with Crippen LogP contribution in [0.5, 0.6) is 11.5 Å². The third-order valence-electron chi connectivity index (χ3n) is 7.36. The van der Waals surface area contributed by atoms with Gasteiger partial charge in [-0.2, -0.15) is 0 Å². The standard InChI is InChI=1S/C25H26N4O6/c30-22(27-10-16-8-17(13-27)19-2-1-3-23(31)28(19)12-16)7-5-18-24(32)29(25(33)26-18)11-15-4-6-20-21(9-15)35-14-34-20/h1-4,6,9,16-18H,5,7-8,10-14H2,(H,26,33)/t16-,17-,18-/m1/s1. The quantitative estimate of drug-likeness (QED) is 0.651. The van der Waals surface area contributed by atoms with Crippen molar-refractivity contribution in [2.24, 2.45) is 5.92 Å². The molecule has 4 aliphatic rings. The number of fused-ring (bicyclic) bond motifs is 5. The Morgan fingerprint density at radius 3 is 2.77 bits per heavy atom. The van der Waals surface area contributed by atoms with Gasteiger partial charge in [0.2, 0.25) is 12.7 Å². The molecule has 35 heavy (non-hydrogen) atoms. The van der Waals surface area contributed by atoms with Crippen LogP contribution in [0.1, 0.15) is 36.4 Å². The Morgan fingerprint density at radius 1 is 1.03 bits per heavy atom. The van der Waals surface area contributed by atoms with Crippen LogP contribution in [0, 0.1) is 5.92 Å². The number of piperidine rings is 1. The number of hydrogen-bond donors (Lipinski definition) is 1. The smallest absolute Gasteiger partial charge is 0.325 e. The van der Waals surface area contributed by atoms with E-state index < -0.39 is 12.1 Å². The Hall–Kier alpha value is -3.82. The molecule has 2 saturated heterocycles. The Bertz CT molecular complexity index is 1270. The predicted molar refractivity (Wildman–Crippen MR) is 123 cm³/mol. The molecule has 5 heterocycles. The molecule has 0 radical (unpaired) electrons. The van der Waals surface area contributed by atoms with Gasteiger partial charge in [-0.1, -0.05) is 12.1 Å². The van der Waals surface area contributed by atoms with E-state index in [0.717, 1.165) is 17.7 Å². The molecule has 0 spiro atoms. The van der Waals surface area contributed by atoms with Gasteiger partial charge in [-0.3, -0.25) is 19.3 Å². The number of carbonyl (C=O) groups excluding carboxylic acids is 3. The van der Waals surface area contributed by atoms with Crippen molar-refractivity contribution in [1.29, 1.82) is 0 Å². The molecule has 2 bridgehead atoms. The van der Waals surface area contributed by atoms with Gasteiger partial charge < -0.3 is 24.3 Å². The van der Waals surface area contributed by atoms with Gasteiger partial charge >= 0.3 is 6.03 Å². The number of nitrogens with one attached hydrogen (secondary N) is 1. The third kappa shape index (κ3) is 3.92. The van der Waals surface area contributed by atoms with E-state index in [9.17, 15) is 19.2 Å². The van der Waals surface area contributed by atoms with Gasteiger partial charge in [0.15, 0.2) is 11.5 Å². The Balaban J connectivity index is 1.06. The van der Waals surface area contributed by atoms with E-state index in [1.165, 1.54) is 4.90 Å². The highest BCUT2D eigenvalue weighted by molar-refractivity contribution is 6.04. The molecular weight excluding hydrogens is 452 g/mol. The molecule has 6 rings (SSSR count). The molecule has 10 nitrogen and oxygen atoms in total. The highest BCUT2D eigenvalue weighted by Gasteiger charge is 2.40. The Kier molecular flexibility index (Phi) is 5.23. The number of carbonyl (C=O) groups is 3. The summed E-state index contributed by atoms with van der Waals surface area (Å²) < 4.78 is 12.5. The summed E-state index contributed by atoms with van der Waals surface area (Å²) in [6.45, 7) is 2.08. The van der Waals surface area contributed by atoms with Gasteiger partial charge in [-0.25, -0.2) is 4.79 Å². The van der Waals surface area contributed by atoms with Crippen LogP contribution in [-0.2, 0) is 22.7 Å². The second-order valence-electron chi connectivity index (χ2n) is 9.65. The van der Waals surface area contributed by atoms with E-state index >= 15 is 0 Å². The van der Waals surface area contributed by atoms with Gasteiger partial charge in [0.25, 0.3) is 11.5 Å². The summed E-state index contributed by atoms with van der Waals surface area (Å²) in [4.78, 5) is 53.6. The van der Waals surface area contributed by atoms with E-state index in [1.54, 1.807) is 30.3 Å². The number of hydrogen-bond acceptors (Lipinski definition) is 6. The first kappa shape index (κ1) is 21.7. The van der Waals surface area contributed by atoms with Gasteiger partial charge in [0.1, 0.15) is 6.04 Å². The first-order valence-corrected chi connectivity index (χ1v) is 11.9. The van der Waals surface area contributed by atoms with Crippen molar-refractivity contribution in [3.63, 3.8) is 0 Å². The molecule has 0 saturated carbocycles. The van der Waals surface area contributed by atoms with Crippen molar-refractivity contribution in [3.8, 4) is 11.5 Å². The zero-order valence-corrected chi connectivity index (χ0v) is 19.1. The van der Waals surface area contributed by atoms with Crippen molar-refractivity contribution in [1.82, 2.24) is 19.7 Å². The molecular formula is C25H26N4O6. The van der Waals surface area contributed by atoms with Gasteiger partial charge in [-0.05, 0) is 42.5 Å². The maximum absolute atomic E-state index is 13.0. The van der Waals surface area contributed by atoms with Crippen LogP contribution >= 0.6 is 0 Å². The fourth-order valence-electron chi connectivity index (χ4n) is 5.67. The average molecular weight is 479 g/mol. The minimum Gasteiger partial charge on any atom is -0.454 e. The van der Waals surface area contributed by atoms with E-state index in [2.05, 4.69) is 5.32 Å². The maximum Gasteiger partial charge on any atom is 0.325 e. The summed E-state index contributed by atoms with van der Waals surface area (Å²) in [6.07, 6.45) is 1.40. The molecule has 10 heteroatoms. The largest absolute Gasteiger partial charge is 0.454 e. The number of rotatable bonds is 5. The molecule has 1 aromatic carbocycles. The molecule has 4 amide bonds. The van der Waals surface area contributed by atoms with Crippen molar-refractivity contribution in [3.05, 3.63) is 58.0 Å². The molecule has 0 aliphatic carbocycles. The van der Waals surface area contributed by atoms with E-state index in [4.69, 9.17) is 9.47 Å². The van der Waals surface area contributed by atoms with Crippen LogP contribution in [0.3, 0.4) is 0 Å². The second kappa shape index (κ2) is 8.44. The molecule has 1 aromatic heterocycles. The first-order valence-electron chi connectivity index (χ1n) is 11.9. The number of imide groups is 1. The molecule has 3 atom stereocenters. The Labute approximate surface area is 201 Å². The highest BCUT2D eigenvalue weighted by atomic mass is 16.7. The summed E-state index contributed by atoms with van der Waals surface area (Å²) in [5.41, 5.74) is 1.76. The number of amides is 4. The SMILES string of the molecule is O=C(CC[C@H]1NC(=O)N(Cc2ccc3c(c2)OCO3)C1=O)N1C[C@H]2C[C@H](C1)c1cccc(=O)n1C2. The van der Waals surface area contributed by atoms with Crippen molar-refractivity contribution in [2.75, 3.05) is 19.9 Å². The summed E-state index contributed by atoms with van der Waals surface area (Å²) in [7, 11) is 0. The van der Waals surface area contributed by atoms with Crippen molar-refractivity contribution in [2.45, 2.75) is 44.3 Å². The lowest BCUT2D eigenvalue weighted by Crippen LogP contribution is -2.49. The number of likely N-dealkylation sites (tertiary alicyclic amines) is 1. The van der Waals surface area contributed by atoms with E-state index in [1.807, 2.05) is 15.5 Å². The van der Waals surface area contributed by atoms with Crippen molar-refractivity contribution >= 4 is 17.8 Å². The highest BCUT2D eigenvalue weighted by Crippen LogP contribution is 2.35. The number of urea groups is 1. The van der Waals surface area contributed by atoms with Gasteiger partial charge in [0.05, 0.1) is 6.54 Å². The lowest BCUT2D eigenvalue weighted by molar-refractivity contribution is -0.134. The minimum absolute atomic E-state index is 0.0118. The number of pyridine rings is 1. The monoisotopic (exact) mass is 478 g/mol. The van der Waals surface area contributed by atoms with Crippen LogP contribution in [0.2, 0.25) is 0 Å². The van der Waals surface area contributed by atoms with Gasteiger partial charge in [0, 0.05) is 43.7 Å². The predicted octanol–water partition coefficient (Wildman–Crippen LogP) is 1.42. The second-order valence-corrected chi connectivity index (χ2v) is 9.65. The van der Waals surface area contributed by atoms with Crippen LogP contribution < -0.4 is 20.3 Å². The Morgan fingerprint density at radius 2 is 1.89 bits per heavy atom. The summed E-state index contributed by atoms with van der Waals surface area (Å²) in [6, 6.07) is 9.47. The zero-order chi connectivity index (χ0) is 24.1. The minimum atomic E-state index is -0.718. The third-order valence-corrected chi connectivity index (χ3v) is 7.36. The molecule has 2 fully saturated rings. The van der Waals surface area contributed by atoms with Crippen LogP contribution in [-0.4, -0.2) is 58.1 Å². The van der Waals surface area contributed by atoms with Crippen LogP contribution in [0.15, 0.2) is 41.2 Å². The normalized spacial score (nSPS) is 24.4. The van der Waals surface area contributed by atoms with Crippen molar-refractivity contribution < 1.29 is 23.9 Å². The molecule has 2 aromatic rings. The molecule has 1 N–H and O–H groups in total. The van der Waals surface area contributed by atoms with E-state index in [0.29, 0.717) is 31.1 Å². The first-order chi connectivity index (χ1) is 17.0. The average Bonchev–Trinajstić information content (AvgIpc) is 3.42. The lowest BCUT2D eigenvalue weighted by Gasteiger charge is -2.42. The molecule has 4 aliphatic heterocycles. The molecule has 182 valence electrons. The fraction of sp³-hybridized carbons (Fsp3) is 0.440. The maximum atomic E-state index is 13.0. The topological polar surface area (TPSA) is 110 Å². The number of ether oxygens (including phenoxy) is 2. The molecule has 0 unspecified atom stereocenters. The summed E-state index contributed by atoms with van der Waals surface area (Å²) in [5, 5.41) is 2.72. The lowest BCUT2D eigenvalue weighted by atomic mass is 9.83. The van der Waals surface area contributed by atoms with Gasteiger partial charge in [-0.15, -0.1) is 0 Å². The van der Waals surface area contributed by atoms with E-state index in [-0.39, 0.29) is 55.4 Å². The van der Waals surface area contributed by atoms with Crippen LogP contribution in [0.4, 0.5) is 4.79 Å². The zero-order valence-electron chi connectivity index (χ0n) is 19.1. The van der Waals surface area contributed by atoms with Crippen LogP contribution in [0.25, 0.3) is 0 Å². The number of benzene rings is 1. The summed E-state index contributed by atoms with van der Waals surface area (Å²) >= 11 is 0. The number of aromatic nitrogens is 1. The number of nitrogens with zero attached hydrogens (tertiary/aromatic N) is 3.